The highest BCUT2D eigenvalue weighted by Crippen LogP contribution is 2.02. The molecular formula is C13H23N3O6S2. The lowest BCUT2D eigenvalue weighted by atomic mass is 10.1. The van der Waals surface area contributed by atoms with Crippen LogP contribution in [0.4, 0.5) is 0 Å². The number of carboxylic acids is 2. The third kappa shape index (κ3) is 8.99. The van der Waals surface area contributed by atoms with Gasteiger partial charge in [0.15, 0.2) is 0 Å². The van der Waals surface area contributed by atoms with Crippen molar-refractivity contribution >= 4 is 48.1 Å². The Hall–Kier alpha value is -1.46. The van der Waals surface area contributed by atoms with Crippen LogP contribution < -0.4 is 16.4 Å². The molecule has 0 bridgehead atoms. The van der Waals surface area contributed by atoms with Gasteiger partial charge in [0.25, 0.3) is 0 Å². The number of carboxylic acid groups (broad SMARTS) is 2. The average Bonchev–Trinajstić information content (AvgIpc) is 2.51. The lowest BCUT2D eigenvalue weighted by Gasteiger charge is -2.19. The second kappa shape index (κ2) is 12.0. The predicted octanol–water partition coefficient (Wildman–Crippen LogP) is -1.08. The summed E-state index contributed by atoms with van der Waals surface area (Å²) < 4.78 is 0. The molecule has 0 fully saturated rings. The maximum absolute atomic E-state index is 12.0. The maximum atomic E-state index is 12.0. The quantitative estimate of drug-likeness (QED) is 0.233. The van der Waals surface area contributed by atoms with Gasteiger partial charge in [-0.1, -0.05) is 0 Å². The van der Waals surface area contributed by atoms with Gasteiger partial charge in [-0.15, -0.1) is 0 Å². The third-order valence-corrected chi connectivity index (χ3v) is 4.05. The van der Waals surface area contributed by atoms with Crippen LogP contribution in [-0.4, -0.2) is 69.9 Å². The molecule has 3 atom stereocenters. The van der Waals surface area contributed by atoms with Gasteiger partial charge in [-0.25, -0.2) is 4.79 Å². The molecule has 0 aromatic heterocycles. The van der Waals surface area contributed by atoms with E-state index in [0.29, 0.717) is 0 Å². The number of carbonyl (C=O) groups is 4. The van der Waals surface area contributed by atoms with Crippen LogP contribution in [0.3, 0.4) is 0 Å². The molecule has 6 N–H and O–H groups in total. The van der Waals surface area contributed by atoms with Crippen LogP contribution in [0.1, 0.15) is 19.3 Å². The van der Waals surface area contributed by atoms with E-state index >= 15 is 0 Å². The Kier molecular flexibility index (Phi) is 11.3. The zero-order valence-corrected chi connectivity index (χ0v) is 14.9. The van der Waals surface area contributed by atoms with E-state index in [2.05, 4.69) is 23.3 Å². The summed E-state index contributed by atoms with van der Waals surface area (Å²) in [5.41, 5.74) is 5.32. The van der Waals surface area contributed by atoms with Crippen LogP contribution in [0.25, 0.3) is 0 Å². The van der Waals surface area contributed by atoms with Gasteiger partial charge in [-0.05, 0) is 19.1 Å². The Morgan fingerprint density at radius 1 is 1.12 bits per heavy atom. The Bertz CT molecular complexity index is 463. The van der Waals surface area contributed by atoms with Gasteiger partial charge >= 0.3 is 11.9 Å². The number of aliphatic carboxylic acids is 2. The minimum atomic E-state index is -1.16. The highest BCUT2D eigenvalue weighted by atomic mass is 32.2. The fourth-order valence-corrected chi connectivity index (χ4v) is 2.50. The number of hydrogen-bond acceptors (Lipinski definition) is 7. The van der Waals surface area contributed by atoms with Crippen molar-refractivity contribution in [3.8, 4) is 0 Å². The monoisotopic (exact) mass is 381 g/mol. The van der Waals surface area contributed by atoms with Crippen molar-refractivity contribution in [2.24, 2.45) is 5.73 Å². The second-order valence-electron chi connectivity index (χ2n) is 4.99. The number of thiol groups is 1. The molecule has 0 aliphatic rings. The van der Waals surface area contributed by atoms with Gasteiger partial charge in [-0.3, -0.25) is 14.4 Å². The van der Waals surface area contributed by atoms with Gasteiger partial charge in [0.1, 0.15) is 18.1 Å². The van der Waals surface area contributed by atoms with Crippen LogP contribution in [0.15, 0.2) is 0 Å². The summed E-state index contributed by atoms with van der Waals surface area (Å²) in [4.78, 5) is 45.4. The van der Waals surface area contributed by atoms with E-state index in [1.165, 1.54) is 11.8 Å². The van der Waals surface area contributed by atoms with Gasteiger partial charge in [0.2, 0.25) is 11.8 Å². The van der Waals surface area contributed by atoms with Gasteiger partial charge in [-0.2, -0.15) is 24.4 Å². The minimum Gasteiger partial charge on any atom is -0.480 e. The Balaban J connectivity index is 4.41. The third-order valence-electron chi connectivity index (χ3n) is 3.02. The average molecular weight is 381 g/mol. The summed E-state index contributed by atoms with van der Waals surface area (Å²) in [6, 6.07) is -3.07. The van der Waals surface area contributed by atoms with E-state index in [9.17, 15) is 19.2 Å². The summed E-state index contributed by atoms with van der Waals surface area (Å²) >= 11 is 5.25. The minimum absolute atomic E-state index is 0.00216. The van der Waals surface area contributed by atoms with Crippen LogP contribution >= 0.6 is 24.4 Å². The van der Waals surface area contributed by atoms with Gasteiger partial charge < -0.3 is 26.6 Å². The Morgan fingerprint density at radius 2 is 1.75 bits per heavy atom. The smallest absolute Gasteiger partial charge is 0.327 e. The topological polar surface area (TPSA) is 159 Å². The first-order valence-corrected chi connectivity index (χ1v) is 9.16. The van der Waals surface area contributed by atoms with Crippen molar-refractivity contribution < 1.29 is 29.4 Å². The maximum Gasteiger partial charge on any atom is 0.327 e. The summed E-state index contributed by atoms with van der Waals surface area (Å²) in [7, 11) is 0. The highest BCUT2D eigenvalue weighted by molar-refractivity contribution is 7.98. The molecule has 0 radical (unpaired) electrons. The number of nitrogens with two attached hydrogens (primary N) is 1. The van der Waals surface area contributed by atoms with Gasteiger partial charge in [0.05, 0.1) is 0 Å². The largest absolute Gasteiger partial charge is 0.480 e. The van der Waals surface area contributed by atoms with Crippen molar-refractivity contribution in [1.82, 2.24) is 10.6 Å². The lowest BCUT2D eigenvalue weighted by molar-refractivity contribution is -0.141. The zero-order valence-electron chi connectivity index (χ0n) is 13.2. The fraction of sp³-hybridized carbons (Fsp3) is 0.692. The molecule has 0 heterocycles. The number of amides is 2. The van der Waals surface area contributed by atoms with Crippen molar-refractivity contribution in [2.75, 3.05) is 17.8 Å². The normalized spacial score (nSPS) is 14.3. The zero-order chi connectivity index (χ0) is 18.7. The first kappa shape index (κ1) is 22.5. The highest BCUT2D eigenvalue weighted by Gasteiger charge is 2.25. The molecule has 24 heavy (non-hydrogen) atoms. The lowest BCUT2D eigenvalue weighted by Crippen LogP contribution is -2.53. The molecule has 0 aromatic carbocycles. The number of rotatable bonds is 12. The molecule has 0 saturated heterocycles. The predicted molar refractivity (Wildman–Crippen MR) is 93.2 cm³/mol. The fourth-order valence-electron chi connectivity index (χ4n) is 1.68. The van der Waals surface area contributed by atoms with Crippen LogP contribution in [-0.2, 0) is 19.2 Å². The molecule has 0 saturated carbocycles. The van der Waals surface area contributed by atoms with E-state index in [-0.39, 0.29) is 30.8 Å². The number of hydrogen-bond donors (Lipinski definition) is 6. The SMILES string of the molecule is CSCC(NC(=O)C(CS)NC(=O)CCCC(N)C(=O)O)C(=O)O. The van der Waals surface area contributed by atoms with Gasteiger partial charge in [0, 0.05) is 17.9 Å². The summed E-state index contributed by atoms with van der Waals surface area (Å²) in [5.74, 6) is -3.21. The second-order valence-corrected chi connectivity index (χ2v) is 6.27. The van der Waals surface area contributed by atoms with E-state index in [4.69, 9.17) is 15.9 Å². The van der Waals surface area contributed by atoms with Crippen molar-refractivity contribution in [3.63, 3.8) is 0 Å². The van der Waals surface area contributed by atoms with Crippen LogP contribution in [0, 0.1) is 0 Å². The van der Waals surface area contributed by atoms with Crippen LogP contribution in [0.5, 0.6) is 0 Å². The Morgan fingerprint density at radius 3 is 2.21 bits per heavy atom. The molecule has 0 aliphatic heterocycles. The Labute approximate surface area is 149 Å². The molecule has 0 rings (SSSR count). The van der Waals surface area contributed by atoms with Crippen molar-refractivity contribution in [1.29, 1.82) is 0 Å². The summed E-state index contributed by atoms with van der Waals surface area (Å²) in [5, 5.41) is 22.4. The summed E-state index contributed by atoms with van der Waals surface area (Å²) in [6.07, 6.45) is 2.10. The van der Waals surface area contributed by atoms with Crippen molar-refractivity contribution in [3.05, 3.63) is 0 Å². The molecule has 138 valence electrons. The molecule has 0 aromatic rings. The van der Waals surface area contributed by atoms with E-state index in [0.717, 1.165) is 0 Å². The number of thioether (sulfide) groups is 1. The molecular weight excluding hydrogens is 358 g/mol. The first-order valence-electron chi connectivity index (χ1n) is 7.13. The molecule has 11 heteroatoms. The number of nitrogens with one attached hydrogen (secondary N) is 2. The molecule has 0 spiro atoms. The van der Waals surface area contributed by atoms with E-state index < -0.39 is 41.9 Å². The first-order chi connectivity index (χ1) is 11.2. The standard InChI is InChI=1S/C13H23N3O6S2/c1-24-6-9(13(21)22)16-11(18)8(5-23)15-10(17)4-2-3-7(14)12(19)20/h7-9,23H,2-6,14H2,1H3,(H,15,17)(H,16,18)(H,19,20)(H,21,22). The molecule has 0 aliphatic carbocycles. The van der Waals surface area contributed by atoms with Crippen LogP contribution in [0.2, 0.25) is 0 Å². The van der Waals surface area contributed by atoms with Crippen molar-refractivity contribution in [2.45, 2.75) is 37.4 Å². The number of carbonyl (C=O) groups excluding carboxylic acids is 2. The molecule has 3 unspecified atom stereocenters. The molecule has 2 amide bonds. The summed E-state index contributed by atoms with van der Waals surface area (Å²) in [6.45, 7) is 0. The molecule has 9 nitrogen and oxygen atoms in total. The van der Waals surface area contributed by atoms with E-state index in [1.54, 1.807) is 6.26 Å². The van der Waals surface area contributed by atoms with E-state index in [1.807, 2.05) is 0 Å².